The molecule has 33 heavy (non-hydrogen) atoms. The molecule has 2 aromatic carbocycles. The molecule has 2 aromatic rings. The fourth-order valence-corrected chi connectivity index (χ4v) is 4.56. The number of benzene rings is 2. The zero-order chi connectivity index (χ0) is 22.3. The van der Waals surface area contributed by atoms with Crippen molar-refractivity contribution in [1.82, 2.24) is 15.5 Å². The zero-order valence-electron chi connectivity index (χ0n) is 19.7. The van der Waals surface area contributed by atoms with Crippen LogP contribution in [0.25, 0.3) is 0 Å². The van der Waals surface area contributed by atoms with Gasteiger partial charge in [-0.15, -0.1) is 24.0 Å². The lowest BCUT2D eigenvalue weighted by atomic mass is 10.1. The number of rotatable bonds is 7. The molecule has 0 bridgehead atoms. The highest BCUT2D eigenvalue weighted by Gasteiger charge is 2.20. The van der Waals surface area contributed by atoms with Crippen molar-refractivity contribution < 1.29 is 4.79 Å². The van der Waals surface area contributed by atoms with Gasteiger partial charge in [0.25, 0.3) is 0 Å². The average molecular weight is 562 g/mol. The Morgan fingerprint density at radius 1 is 1.03 bits per heavy atom. The van der Waals surface area contributed by atoms with Crippen molar-refractivity contribution in [3.8, 4) is 0 Å². The van der Waals surface area contributed by atoms with E-state index in [1.807, 2.05) is 4.90 Å². The van der Waals surface area contributed by atoms with Crippen molar-refractivity contribution in [3.05, 3.63) is 65.2 Å². The van der Waals surface area contributed by atoms with E-state index in [4.69, 9.17) is 0 Å². The van der Waals surface area contributed by atoms with Crippen molar-refractivity contribution in [3.63, 3.8) is 0 Å². The Labute approximate surface area is 214 Å². The molecule has 0 spiro atoms. The second-order valence-electron chi connectivity index (χ2n) is 8.82. The van der Waals surface area contributed by atoms with Crippen LogP contribution in [0.4, 0.5) is 5.69 Å². The van der Waals surface area contributed by atoms with Crippen molar-refractivity contribution in [2.75, 3.05) is 31.6 Å². The van der Waals surface area contributed by atoms with E-state index in [9.17, 15) is 4.79 Å². The number of guanidine groups is 1. The minimum atomic E-state index is 0. The third-order valence-electron chi connectivity index (χ3n) is 6.41. The molecule has 0 radical (unpaired) electrons. The van der Waals surface area contributed by atoms with E-state index < -0.39 is 0 Å². The van der Waals surface area contributed by atoms with E-state index in [0.717, 1.165) is 32.0 Å². The summed E-state index contributed by atoms with van der Waals surface area (Å²) >= 11 is 0. The smallest absolute Gasteiger partial charge is 0.222 e. The van der Waals surface area contributed by atoms with Gasteiger partial charge in [-0.3, -0.25) is 9.79 Å². The van der Waals surface area contributed by atoms with E-state index in [1.165, 1.54) is 35.2 Å². The Bertz CT molecular complexity index is 957. The van der Waals surface area contributed by atoms with Crippen LogP contribution >= 0.6 is 24.0 Å². The number of nitrogens with zero attached hydrogens (tertiary/aromatic N) is 3. The molecule has 7 heteroatoms. The predicted molar refractivity (Wildman–Crippen MR) is 146 cm³/mol. The van der Waals surface area contributed by atoms with Gasteiger partial charge >= 0.3 is 0 Å². The first kappa shape index (κ1) is 25.3. The second-order valence-corrected chi connectivity index (χ2v) is 8.82. The van der Waals surface area contributed by atoms with E-state index >= 15 is 0 Å². The maximum Gasteiger partial charge on any atom is 0.222 e. The average Bonchev–Trinajstić information content (AvgIpc) is 3.49. The van der Waals surface area contributed by atoms with Gasteiger partial charge in [-0.2, -0.15) is 0 Å². The SMILES string of the molecule is CN=C(NCc1cccc(CN2CCCC2=O)c1)NC(C)c1cccc(N2CCCC2)c1.I. The van der Waals surface area contributed by atoms with E-state index in [1.54, 1.807) is 7.05 Å². The van der Waals surface area contributed by atoms with Crippen LogP contribution in [0.15, 0.2) is 53.5 Å². The Morgan fingerprint density at radius 2 is 1.79 bits per heavy atom. The fourth-order valence-electron chi connectivity index (χ4n) is 4.56. The lowest BCUT2D eigenvalue weighted by Gasteiger charge is -2.22. The lowest BCUT2D eigenvalue weighted by molar-refractivity contribution is -0.128. The quantitative estimate of drug-likeness (QED) is 0.298. The summed E-state index contributed by atoms with van der Waals surface area (Å²) in [6.45, 7) is 6.73. The monoisotopic (exact) mass is 561 g/mol. The van der Waals surface area contributed by atoms with Crippen molar-refractivity contribution in [2.24, 2.45) is 4.99 Å². The molecule has 2 N–H and O–H groups in total. The topological polar surface area (TPSA) is 60.0 Å². The molecule has 178 valence electrons. The van der Waals surface area contributed by atoms with Gasteiger partial charge in [0.05, 0.1) is 6.04 Å². The molecule has 1 unspecified atom stereocenters. The number of carbonyl (C=O) groups is 1. The van der Waals surface area contributed by atoms with Crippen LogP contribution in [0.1, 0.15) is 55.3 Å². The number of aliphatic imine (C=N–C) groups is 1. The van der Waals surface area contributed by atoms with Crippen molar-refractivity contribution >= 4 is 41.5 Å². The Morgan fingerprint density at radius 3 is 2.52 bits per heavy atom. The summed E-state index contributed by atoms with van der Waals surface area (Å²) in [6.07, 6.45) is 4.22. The third kappa shape index (κ3) is 6.85. The van der Waals surface area contributed by atoms with Gasteiger partial charge < -0.3 is 20.4 Å². The molecule has 6 nitrogen and oxygen atoms in total. The summed E-state index contributed by atoms with van der Waals surface area (Å²) in [6, 6.07) is 17.4. The Balaban J connectivity index is 0.00000306. The molecular formula is C26H36IN5O. The largest absolute Gasteiger partial charge is 0.372 e. The third-order valence-corrected chi connectivity index (χ3v) is 6.41. The molecule has 0 saturated carbocycles. The summed E-state index contributed by atoms with van der Waals surface area (Å²) in [5.74, 6) is 1.05. The van der Waals surface area contributed by atoms with Gasteiger partial charge in [0.15, 0.2) is 5.96 Å². The predicted octanol–water partition coefficient (Wildman–Crippen LogP) is 4.45. The maximum atomic E-state index is 11.9. The van der Waals surface area contributed by atoms with E-state index in [-0.39, 0.29) is 35.9 Å². The summed E-state index contributed by atoms with van der Waals surface area (Å²) < 4.78 is 0. The standard InChI is InChI=1S/C26H35N5O.HI/c1-20(23-10-6-11-24(17-23)30-13-3-4-14-30)29-26(27-2)28-18-21-8-5-9-22(16-21)19-31-15-7-12-25(31)32;/h5-6,8-11,16-17,20H,3-4,7,12-15,18-19H2,1-2H3,(H2,27,28,29);1H. The molecule has 0 aliphatic carbocycles. The second kappa shape index (κ2) is 12.3. The van der Waals surface area contributed by atoms with Crippen LogP contribution in [0.2, 0.25) is 0 Å². The number of nitrogens with one attached hydrogen (secondary N) is 2. The van der Waals surface area contributed by atoms with Crippen LogP contribution in [0.3, 0.4) is 0 Å². The molecule has 2 fully saturated rings. The van der Waals surface area contributed by atoms with Gasteiger partial charge in [0, 0.05) is 51.9 Å². The normalized spacial score (nSPS) is 17.2. The summed E-state index contributed by atoms with van der Waals surface area (Å²) in [5.41, 5.74) is 4.93. The molecular weight excluding hydrogens is 525 g/mol. The molecule has 1 atom stereocenters. The minimum Gasteiger partial charge on any atom is -0.372 e. The number of anilines is 1. The number of likely N-dealkylation sites (tertiary alicyclic amines) is 1. The zero-order valence-corrected chi connectivity index (χ0v) is 22.0. The highest BCUT2D eigenvalue weighted by molar-refractivity contribution is 14.0. The molecule has 0 aromatic heterocycles. The van der Waals surface area contributed by atoms with Gasteiger partial charge in [0.1, 0.15) is 0 Å². The number of carbonyl (C=O) groups excluding carboxylic acids is 1. The molecule has 4 rings (SSSR count). The number of halogens is 1. The van der Waals surface area contributed by atoms with Gasteiger partial charge in [-0.25, -0.2) is 0 Å². The van der Waals surface area contributed by atoms with Gasteiger partial charge in [0.2, 0.25) is 5.91 Å². The first-order valence-electron chi connectivity index (χ1n) is 11.8. The van der Waals surface area contributed by atoms with Crippen molar-refractivity contribution in [2.45, 2.75) is 51.7 Å². The highest BCUT2D eigenvalue weighted by atomic mass is 127. The molecule has 1 amide bonds. The fraction of sp³-hybridized carbons (Fsp3) is 0.462. The van der Waals surface area contributed by atoms with Crippen LogP contribution in [0.5, 0.6) is 0 Å². The lowest BCUT2D eigenvalue weighted by Crippen LogP contribution is -2.38. The number of hydrogen-bond donors (Lipinski definition) is 2. The van der Waals surface area contributed by atoms with Crippen LogP contribution < -0.4 is 15.5 Å². The molecule has 2 heterocycles. The van der Waals surface area contributed by atoms with E-state index in [2.05, 4.69) is 76.0 Å². The van der Waals surface area contributed by atoms with Crippen LogP contribution in [-0.4, -0.2) is 43.4 Å². The minimum absolute atomic E-state index is 0. The summed E-state index contributed by atoms with van der Waals surface area (Å²) in [4.78, 5) is 20.7. The van der Waals surface area contributed by atoms with Crippen molar-refractivity contribution in [1.29, 1.82) is 0 Å². The molecule has 2 saturated heterocycles. The summed E-state index contributed by atoms with van der Waals surface area (Å²) in [5, 5.41) is 6.95. The van der Waals surface area contributed by atoms with Crippen LogP contribution in [-0.2, 0) is 17.9 Å². The van der Waals surface area contributed by atoms with Gasteiger partial charge in [-0.1, -0.05) is 36.4 Å². The first-order valence-corrected chi connectivity index (χ1v) is 11.8. The molecule has 2 aliphatic heterocycles. The Hall–Kier alpha value is -2.29. The molecule has 2 aliphatic rings. The first-order chi connectivity index (χ1) is 15.6. The number of hydrogen-bond acceptors (Lipinski definition) is 3. The van der Waals surface area contributed by atoms with Crippen LogP contribution in [0, 0.1) is 0 Å². The van der Waals surface area contributed by atoms with E-state index in [0.29, 0.717) is 19.5 Å². The maximum absolute atomic E-state index is 11.9. The summed E-state index contributed by atoms with van der Waals surface area (Å²) in [7, 11) is 1.80. The number of amides is 1. The highest BCUT2D eigenvalue weighted by Crippen LogP contribution is 2.24. The van der Waals surface area contributed by atoms with Gasteiger partial charge in [-0.05, 0) is 55.0 Å². The Kier molecular flexibility index (Phi) is 9.41.